The molecule has 222 valence electrons. The van der Waals surface area contributed by atoms with Crippen molar-refractivity contribution < 1.29 is 27.6 Å². The molecule has 1 aromatic rings. The van der Waals surface area contributed by atoms with E-state index in [0.717, 1.165) is 75.8 Å². The summed E-state index contributed by atoms with van der Waals surface area (Å²) in [7, 11) is 0. The van der Waals surface area contributed by atoms with Crippen molar-refractivity contribution >= 4 is 23.5 Å². The topological polar surface area (TPSA) is 96.8 Å². The number of benzene rings is 1. The summed E-state index contributed by atoms with van der Waals surface area (Å²) in [4.78, 5) is 43.4. The maximum Gasteiger partial charge on any atom is 0.417 e. The zero-order valence-electron chi connectivity index (χ0n) is 23.6. The van der Waals surface area contributed by atoms with Crippen molar-refractivity contribution in [1.29, 1.82) is 5.26 Å². The van der Waals surface area contributed by atoms with Crippen LogP contribution >= 0.6 is 0 Å². The first-order valence-electron chi connectivity index (χ1n) is 14.6. The van der Waals surface area contributed by atoms with Crippen molar-refractivity contribution in [3.8, 4) is 6.07 Å². The number of hydrogen-bond acceptors (Lipinski definition) is 5. The lowest BCUT2D eigenvalue weighted by Crippen LogP contribution is -2.53. The summed E-state index contributed by atoms with van der Waals surface area (Å²) < 4.78 is 40.2. The first-order chi connectivity index (χ1) is 19.6. The van der Waals surface area contributed by atoms with Gasteiger partial charge in [-0.2, -0.15) is 18.4 Å². The second kappa shape index (κ2) is 13.5. The largest absolute Gasteiger partial charge is 0.417 e. The van der Waals surface area contributed by atoms with Crippen LogP contribution in [0.3, 0.4) is 0 Å². The van der Waals surface area contributed by atoms with E-state index in [9.17, 15) is 27.6 Å². The van der Waals surface area contributed by atoms with Crippen LogP contribution < -0.4 is 10.2 Å². The van der Waals surface area contributed by atoms with Crippen molar-refractivity contribution in [3.05, 3.63) is 40.5 Å². The Kier molecular flexibility index (Phi) is 10.1. The molecular weight excluding hydrogens is 535 g/mol. The minimum atomic E-state index is -4.78. The lowest BCUT2D eigenvalue weighted by atomic mass is 9.96. The number of halogens is 3. The molecule has 0 unspecified atom stereocenters. The number of hydrogen-bond donors (Lipinski definition) is 1. The molecule has 2 aliphatic heterocycles. The molecule has 11 heteroatoms. The van der Waals surface area contributed by atoms with Crippen molar-refractivity contribution in [2.24, 2.45) is 0 Å². The van der Waals surface area contributed by atoms with Gasteiger partial charge >= 0.3 is 12.2 Å². The number of unbranched alkanes of at least 4 members (excludes halogenated alkanes) is 3. The molecule has 1 aromatic carbocycles. The van der Waals surface area contributed by atoms with Gasteiger partial charge in [0.2, 0.25) is 0 Å². The van der Waals surface area contributed by atoms with Crippen molar-refractivity contribution in [3.63, 3.8) is 0 Å². The smallest absolute Gasteiger partial charge is 0.335 e. The van der Waals surface area contributed by atoms with Gasteiger partial charge in [0.25, 0.3) is 11.8 Å². The van der Waals surface area contributed by atoms with Gasteiger partial charge in [-0.05, 0) is 63.8 Å². The molecule has 0 aromatic heterocycles. The minimum Gasteiger partial charge on any atom is -0.335 e. The van der Waals surface area contributed by atoms with Gasteiger partial charge in [-0.3, -0.25) is 14.5 Å². The van der Waals surface area contributed by atoms with Gasteiger partial charge in [0, 0.05) is 43.4 Å². The maximum atomic E-state index is 13.4. The Bertz CT molecular complexity index is 1210. The fourth-order valence-corrected chi connectivity index (χ4v) is 5.89. The molecule has 1 aliphatic carbocycles. The monoisotopic (exact) mass is 573 g/mol. The molecule has 1 N–H and O–H groups in total. The first kappa shape index (κ1) is 30.6. The fraction of sp³-hybridized carbons (Fsp3) is 0.600. The van der Waals surface area contributed by atoms with Gasteiger partial charge in [-0.1, -0.05) is 32.1 Å². The summed E-state index contributed by atoms with van der Waals surface area (Å²) in [5, 5.41) is 12.2. The van der Waals surface area contributed by atoms with Gasteiger partial charge in [0.15, 0.2) is 0 Å². The highest BCUT2D eigenvalue weighted by molar-refractivity contribution is 6.32. The van der Waals surface area contributed by atoms with Crippen molar-refractivity contribution in [1.82, 2.24) is 15.1 Å². The van der Waals surface area contributed by atoms with E-state index < -0.39 is 29.1 Å². The molecule has 1 saturated carbocycles. The summed E-state index contributed by atoms with van der Waals surface area (Å²) >= 11 is 0. The number of nitrogens with zero attached hydrogens (tertiary/aromatic N) is 4. The molecule has 1 saturated heterocycles. The standard InChI is InChI=1S/C30H38F3N5O3/c1-21-25(28(40)38(27(21)39)24-13-12-22(20-34)26(19-24)30(31,32)33)11-7-2-3-8-14-36-15-17-37(18-16-36)29(41)35-23-9-5-4-6-10-23/h12-13,19,23H,2-11,14-18H2,1H3,(H,35,41). The summed E-state index contributed by atoms with van der Waals surface area (Å²) in [5.41, 5.74) is -1.35. The number of imide groups is 1. The Labute approximate surface area is 239 Å². The third-order valence-electron chi connectivity index (χ3n) is 8.37. The summed E-state index contributed by atoms with van der Waals surface area (Å²) in [6.45, 7) is 5.61. The van der Waals surface area contributed by atoms with Crippen LogP contribution in [-0.4, -0.2) is 66.4 Å². The van der Waals surface area contributed by atoms with Crippen molar-refractivity contribution in [2.45, 2.75) is 83.4 Å². The number of carbonyl (C=O) groups excluding carboxylic acids is 3. The van der Waals surface area contributed by atoms with Crippen LogP contribution in [-0.2, 0) is 15.8 Å². The molecular formula is C30H38F3N5O3. The molecule has 2 heterocycles. The molecule has 2 fully saturated rings. The maximum absolute atomic E-state index is 13.4. The van der Waals surface area contributed by atoms with Crippen LogP contribution in [0.5, 0.6) is 0 Å². The Balaban J connectivity index is 1.17. The minimum absolute atomic E-state index is 0.0552. The van der Waals surface area contributed by atoms with E-state index in [2.05, 4.69) is 10.2 Å². The van der Waals surface area contributed by atoms with Crippen LogP contribution in [0.25, 0.3) is 0 Å². The van der Waals surface area contributed by atoms with Crippen LogP contribution in [0, 0.1) is 11.3 Å². The lowest BCUT2D eigenvalue weighted by Gasteiger charge is -2.36. The molecule has 4 rings (SSSR count). The van der Waals surface area contributed by atoms with Gasteiger partial charge in [0.1, 0.15) is 0 Å². The van der Waals surface area contributed by atoms with E-state index in [1.165, 1.54) is 38.3 Å². The van der Waals surface area contributed by atoms with E-state index in [0.29, 0.717) is 30.5 Å². The Morgan fingerprint density at radius 1 is 1.00 bits per heavy atom. The number of nitrogens with one attached hydrogen (secondary N) is 1. The number of piperazine rings is 1. The predicted molar refractivity (Wildman–Crippen MR) is 148 cm³/mol. The van der Waals surface area contributed by atoms with E-state index in [1.807, 2.05) is 4.90 Å². The highest BCUT2D eigenvalue weighted by Crippen LogP contribution is 2.37. The highest BCUT2D eigenvalue weighted by Gasteiger charge is 2.39. The highest BCUT2D eigenvalue weighted by atomic mass is 19.4. The van der Waals surface area contributed by atoms with Crippen LogP contribution in [0.4, 0.5) is 23.7 Å². The molecule has 0 atom stereocenters. The molecule has 3 aliphatic rings. The van der Waals surface area contributed by atoms with E-state index in [-0.39, 0.29) is 17.3 Å². The number of nitriles is 1. The molecule has 4 amide bonds. The lowest BCUT2D eigenvalue weighted by molar-refractivity contribution is -0.138. The SMILES string of the molecule is CC1=C(CCCCCCN2CCN(C(=O)NC3CCCCC3)CC2)C(=O)N(c2ccc(C#N)c(C(F)(F)F)c2)C1=O. The Morgan fingerprint density at radius 2 is 1.68 bits per heavy atom. The zero-order chi connectivity index (χ0) is 29.6. The average molecular weight is 574 g/mol. The fourth-order valence-electron chi connectivity index (χ4n) is 5.89. The van der Waals surface area contributed by atoms with E-state index in [1.54, 1.807) is 0 Å². The average Bonchev–Trinajstić information content (AvgIpc) is 3.17. The zero-order valence-corrected chi connectivity index (χ0v) is 23.6. The van der Waals surface area contributed by atoms with Crippen LogP contribution in [0.1, 0.15) is 82.3 Å². The van der Waals surface area contributed by atoms with Crippen LogP contribution in [0.2, 0.25) is 0 Å². The number of carbonyl (C=O) groups is 3. The number of alkyl halides is 3. The first-order valence-corrected chi connectivity index (χ1v) is 14.6. The number of rotatable bonds is 9. The summed E-state index contributed by atoms with van der Waals surface area (Å²) in [5.74, 6) is -1.23. The molecule has 0 bridgehead atoms. The Hall–Kier alpha value is -3.39. The second-order valence-electron chi connectivity index (χ2n) is 11.2. The predicted octanol–water partition coefficient (Wildman–Crippen LogP) is 5.38. The van der Waals surface area contributed by atoms with Gasteiger partial charge in [-0.25, -0.2) is 9.69 Å². The quantitative estimate of drug-likeness (QED) is 0.316. The second-order valence-corrected chi connectivity index (χ2v) is 11.2. The summed E-state index contributed by atoms with van der Waals surface area (Å²) in [6.07, 6.45) is 4.86. The molecule has 0 spiro atoms. The van der Waals surface area contributed by atoms with E-state index in [4.69, 9.17) is 5.26 Å². The van der Waals surface area contributed by atoms with Gasteiger partial charge in [-0.15, -0.1) is 0 Å². The van der Waals surface area contributed by atoms with Crippen molar-refractivity contribution in [2.75, 3.05) is 37.6 Å². The number of amides is 4. The third-order valence-corrected chi connectivity index (χ3v) is 8.37. The normalized spacial score (nSPS) is 19.2. The molecule has 8 nitrogen and oxygen atoms in total. The summed E-state index contributed by atoms with van der Waals surface area (Å²) in [6, 6.07) is 4.74. The van der Waals surface area contributed by atoms with Crippen LogP contribution in [0.15, 0.2) is 29.3 Å². The molecule has 41 heavy (non-hydrogen) atoms. The van der Waals surface area contributed by atoms with Gasteiger partial charge in [0.05, 0.1) is 22.9 Å². The van der Waals surface area contributed by atoms with E-state index >= 15 is 0 Å². The number of urea groups is 1. The number of anilines is 1. The Morgan fingerprint density at radius 3 is 2.34 bits per heavy atom. The third kappa shape index (κ3) is 7.47. The van der Waals surface area contributed by atoms with Gasteiger partial charge < -0.3 is 10.2 Å². The molecule has 0 radical (unpaired) electrons.